The maximum absolute atomic E-state index is 8.75. The van der Waals surface area contributed by atoms with Crippen LogP contribution in [0.15, 0.2) is 12.7 Å². The van der Waals surface area contributed by atoms with Gasteiger partial charge in [-0.3, -0.25) is 0 Å². The Labute approximate surface area is 116 Å². The molecule has 0 aliphatic carbocycles. The predicted octanol–water partition coefficient (Wildman–Crippen LogP) is -0.367. The fourth-order valence-corrected chi connectivity index (χ4v) is 1.69. The van der Waals surface area contributed by atoms with E-state index < -0.39 is 0 Å². The molecule has 0 spiro atoms. The van der Waals surface area contributed by atoms with E-state index in [0.29, 0.717) is 11.9 Å². The Morgan fingerprint density at radius 1 is 1.25 bits per heavy atom. The van der Waals surface area contributed by atoms with Crippen LogP contribution in [0.1, 0.15) is 19.3 Å². The number of aliphatic hydroxyl groups excluding tert-OH is 1. The van der Waals surface area contributed by atoms with Crippen LogP contribution >= 0.6 is 0 Å². The van der Waals surface area contributed by atoms with Crippen molar-refractivity contribution in [2.75, 3.05) is 30.8 Å². The summed E-state index contributed by atoms with van der Waals surface area (Å²) in [4.78, 5) is 18.2. The van der Waals surface area contributed by atoms with E-state index in [1.807, 2.05) is 11.9 Å². The van der Waals surface area contributed by atoms with Crippen molar-refractivity contribution >= 4 is 11.9 Å². The number of hydrogen-bond acceptors (Lipinski definition) is 8. The van der Waals surface area contributed by atoms with Gasteiger partial charge in [0, 0.05) is 20.2 Å². The molecule has 0 aliphatic heterocycles. The van der Waals surface area contributed by atoms with Crippen molar-refractivity contribution < 1.29 is 5.11 Å². The van der Waals surface area contributed by atoms with Gasteiger partial charge in [0.1, 0.15) is 12.7 Å². The Kier molecular flexibility index (Phi) is 4.77. The number of nitrogens with two attached hydrogens (primary N) is 1. The van der Waals surface area contributed by atoms with Crippen LogP contribution in [0.5, 0.6) is 0 Å². The number of unbranched alkanes of at least 4 members (excludes halogenated alkanes) is 2. The second-order valence-electron chi connectivity index (χ2n) is 4.34. The van der Waals surface area contributed by atoms with E-state index >= 15 is 0 Å². The molecule has 2 aromatic rings. The molecule has 0 saturated carbocycles. The fourth-order valence-electron chi connectivity index (χ4n) is 1.69. The molecule has 0 amide bonds. The molecule has 0 radical (unpaired) electrons. The van der Waals surface area contributed by atoms with Crippen LogP contribution in [0.25, 0.3) is 5.95 Å². The summed E-state index contributed by atoms with van der Waals surface area (Å²) in [5.41, 5.74) is 5.70. The largest absolute Gasteiger partial charge is 0.396 e. The Balaban J connectivity index is 2.07. The first-order valence-corrected chi connectivity index (χ1v) is 6.39. The zero-order valence-corrected chi connectivity index (χ0v) is 11.3. The van der Waals surface area contributed by atoms with Gasteiger partial charge < -0.3 is 15.7 Å². The lowest BCUT2D eigenvalue weighted by Gasteiger charge is -2.17. The molecule has 0 aromatic carbocycles. The van der Waals surface area contributed by atoms with Crippen molar-refractivity contribution in [3.8, 4) is 5.95 Å². The third kappa shape index (κ3) is 3.60. The topological polar surface area (TPSA) is 119 Å². The first-order valence-electron chi connectivity index (χ1n) is 6.39. The van der Waals surface area contributed by atoms with Crippen molar-refractivity contribution in [1.29, 1.82) is 0 Å². The number of aliphatic hydroxyl groups is 1. The molecule has 108 valence electrons. The van der Waals surface area contributed by atoms with Crippen LogP contribution in [-0.2, 0) is 0 Å². The van der Waals surface area contributed by atoms with Crippen molar-refractivity contribution in [2.24, 2.45) is 0 Å². The van der Waals surface area contributed by atoms with E-state index in [9.17, 15) is 0 Å². The van der Waals surface area contributed by atoms with Crippen LogP contribution in [0.2, 0.25) is 0 Å². The lowest BCUT2D eigenvalue weighted by atomic mass is 10.2. The highest BCUT2D eigenvalue weighted by atomic mass is 16.2. The monoisotopic (exact) mass is 278 g/mol. The zero-order valence-electron chi connectivity index (χ0n) is 11.3. The second-order valence-corrected chi connectivity index (χ2v) is 4.34. The molecule has 2 heterocycles. The fraction of sp³-hybridized carbons (Fsp3) is 0.545. The number of rotatable bonds is 7. The number of hydrogen-bond donors (Lipinski definition) is 2. The van der Waals surface area contributed by atoms with E-state index in [4.69, 9.17) is 10.8 Å². The van der Waals surface area contributed by atoms with Crippen LogP contribution in [0, 0.1) is 0 Å². The normalized spacial score (nSPS) is 10.7. The second kappa shape index (κ2) is 6.75. The molecule has 20 heavy (non-hydrogen) atoms. The Bertz CT molecular complexity index is 529. The minimum absolute atomic E-state index is 0.141. The van der Waals surface area contributed by atoms with Gasteiger partial charge in [-0.05, 0) is 19.3 Å². The Morgan fingerprint density at radius 3 is 2.80 bits per heavy atom. The van der Waals surface area contributed by atoms with Crippen molar-refractivity contribution in [1.82, 2.24) is 29.7 Å². The maximum Gasteiger partial charge on any atom is 0.258 e. The first-order chi connectivity index (χ1) is 9.70. The van der Waals surface area contributed by atoms with Crippen LogP contribution in [-0.4, -0.2) is 55.0 Å². The number of nitrogen functional groups attached to an aromatic ring is 1. The maximum atomic E-state index is 8.75. The summed E-state index contributed by atoms with van der Waals surface area (Å²) in [6.07, 6.45) is 5.61. The smallest absolute Gasteiger partial charge is 0.258 e. The van der Waals surface area contributed by atoms with Gasteiger partial charge in [0.05, 0.1) is 0 Å². The standard InChI is InChI=1S/C11H18N8O/c1-18(5-3-2-4-6-20)10-15-9(12)16-11(17-10)19-8-13-7-14-19/h7-8,20H,2-6H2,1H3,(H2,12,15,16,17). The van der Waals surface area contributed by atoms with Crippen LogP contribution in [0.3, 0.4) is 0 Å². The summed E-state index contributed by atoms with van der Waals surface area (Å²) in [6.45, 7) is 0.999. The first kappa shape index (κ1) is 14.1. The van der Waals surface area contributed by atoms with Gasteiger partial charge in [-0.1, -0.05) is 0 Å². The van der Waals surface area contributed by atoms with E-state index in [-0.39, 0.29) is 12.6 Å². The average Bonchev–Trinajstić information content (AvgIpc) is 2.97. The Morgan fingerprint density at radius 2 is 2.10 bits per heavy atom. The molecule has 0 aliphatic rings. The van der Waals surface area contributed by atoms with Crippen molar-refractivity contribution in [3.63, 3.8) is 0 Å². The van der Waals surface area contributed by atoms with Crippen molar-refractivity contribution in [3.05, 3.63) is 12.7 Å². The zero-order chi connectivity index (χ0) is 14.4. The molecular weight excluding hydrogens is 260 g/mol. The van der Waals surface area contributed by atoms with E-state index in [1.54, 1.807) is 0 Å². The molecule has 0 unspecified atom stereocenters. The van der Waals surface area contributed by atoms with E-state index in [2.05, 4.69) is 25.0 Å². The molecule has 0 fully saturated rings. The Hall–Kier alpha value is -2.29. The minimum Gasteiger partial charge on any atom is -0.396 e. The highest BCUT2D eigenvalue weighted by Crippen LogP contribution is 2.10. The van der Waals surface area contributed by atoms with Crippen molar-refractivity contribution in [2.45, 2.75) is 19.3 Å². The van der Waals surface area contributed by atoms with E-state index in [0.717, 1.165) is 25.8 Å². The summed E-state index contributed by atoms with van der Waals surface area (Å²) in [7, 11) is 1.89. The molecule has 9 heteroatoms. The summed E-state index contributed by atoms with van der Waals surface area (Å²) in [5, 5.41) is 12.7. The molecule has 0 bridgehead atoms. The molecule has 3 N–H and O–H groups in total. The van der Waals surface area contributed by atoms with Crippen LogP contribution in [0.4, 0.5) is 11.9 Å². The highest BCUT2D eigenvalue weighted by molar-refractivity contribution is 5.36. The summed E-state index contributed by atoms with van der Waals surface area (Å²) in [5.74, 6) is 0.974. The van der Waals surface area contributed by atoms with Gasteiger partial charge in [0.25, 0.3) is 5.95 Å². The summed E-state index contributed by atoms with van der Waals surface area (Å²) in [6, 6.07) is 0. The molecule has 2 aromatic heterocycles. The molecule has 9 nitrogen and oxygen atoms in total. The highest BCUT2D eigenvalue weighted by Gasteiger charge is 2.10. The van der Waals surface area contributed by atoms with Gasteiger partial charge in [-0.15, -0.1) is 0 Å². The third-order valence-electron chi connectivity index (χ3n) is 2.75. The predicted molar refractivity (Wildman–Crippen MR) is 73.4 cm³/mol. The summed E-state index contributed by atoms with van der Waals surface area (Å²) < 4.78 is 1.43. The molecule has 2 rings (SSSR count). The molecule has 0 saturated heterocycles. The third-order valence-corrected chi connectivity index (χ3v) is 2.75. The SMILES string of the molecule is CN(CCCCCO)c1nc(N)nc(-n2cncn2)n1. The van der Waals surface area contributed by atoms with Gasteiger partial charge in [0.15, 0.2) is 0 Å². The quantitative estimate of drug-likeness (QED) is 0.659. The van der Waals surface area contributed by atoms with Gasteiger partial charge >= 0.3 is 0 Å². The number of nitrogens with zero attached hydrogens (tertiary/aromatic N) is 7. The van der Waals surface area contributed by atoms with Gasteiger partial charge in [-0.25, -0.2) is 4.98 Å². The van der Waals surface area contributed by atoms with Gasteiger partial charge in [0.2, 0.25) is 11.9 Å². The lowest BCUT2D eigenvalue weighted by Crippen LogP contribution is -2.23. The number of aromatic nitrogens is 6. The minimum atomic E-state index is 0.141. The number of anilines is 2. The van der Waals surface area contributed by atoms with E-state index in [1.165, 1.54) is 17.3 Å². The molecular formula is C11H18N8O. The summed E-state index contributed by atoms with van der Waals surface area (Å²) >= 11 is 0. The van der Waals surface area contributed by atoms with Gasteiger partial charge in [-0.2, -0.15) is 24.7 Å². The van der Waals surface area contributed by atoms with Crippen LogP contribution < -0.4 is 10.6 Å². The average molecular weight is 278 g/mol. The molecule has 0 atom stereocenters. The lowest BCUT2D eigenvalue weighted by molar-refractivity contribution is 0.283.